The number of aromatic nitrogens is 2. The number of benzene rings is 1. The van der Waals surface area contributed by atoms with Crippen LogP contribution in [0.2, 0.25) is 0 Å². The molecule has 0 atom stereocenters. The van der Waals surface area contributed by atoms with Crippen LogP contribution >= 0.6 is 11.8 Å². The van der Waals surface area contributed by atoms with E-state index >= 15 is 0 Å². The molecular weight excluding hydrogens is 252 g/mol. The number of rotatable bonds is 4. The maximum absolute atomic E-state index is 10.7. The number of ether oxygens (including phenoxy) is 1. The van der Waals surface area contributed by atoms with Gasteiger partial charge in [0.1, 0.15) is 0 Å². The molecule has 0 fully saturated rings. The van der Waals surface area contributed by atoms with E-state index in [1.165, 1.54) is 11.8 Å². The van der Waals surface area contributed by atoms with Crippen molar-refractivity contribution < 1.29 is 14.6 Å². The Morgan fingerprint density at radius 1 is 1.28 bits per heavy atom. The van der Waals surface area contributed by atoms with E-state index in [-0.39, 0.29) is 5.56 Å². The lowest BCUT2D eigenvalue weighted by Gasteiger charge is -2.02. The smallest absolute Gasteiger partial charge is 0.335 e. The van der Waals surface area contributed by atoms with Crippen LogP contribution in [0.3, 0.4) is 0 Å². The Morgan fingerprint density at radius 3 is 2.61 bits per heavy atom. The first kappa shape index (κ1) is 12.4. The summed E-state index contributed by atoms with van der Waals surface area (Å²) in [6, 6.07) is 8.20. The molecule has 0 aliphatic heterocycles. The van der Waals surface area contributed by atoms with Crippen LogP contribution in [0.5, 0.6) is 5.88 Å². The topological polar surface area (TPSA) is 72.3 Å². The molecule has 0 saturated carbocycles. The Hall–Kier alpha value is -2.08. The zero-order valence-corrected chi connectivity index (χ0v) is 10.3. The molecule has 0 spiro atoms. The summed E-state index contributed by atoms with van der Waals surface area (Å²) in [5, 5.41) is 9.34. The van der Waals surface area contributed by atoms with Gasteiger partial charge in [-0.3, -0.25) is 0 Å². The highest BCUT2D eigenvalue weighted by Crippen LogP contribution is 2.25. The third kappa shape index (κ3) is 2.98. The molecule has 2 aromatic rings. The molecule has 1 heterocycles. The maximum Gasteiger partial charge on any atom is 0.335 e. The van der Waals surface area contributed by atoms with Crippen molar-refractivity contribution in [2.24, 2.45) is 0 Å². The summed E-state index contributed by atoms with van der Waals surface area (Å²) < 4.78 is 5.00. The molecular formula is C12H10N2O3S. The number of methoxy groups -OCH3 is 1. The first-order valence-corrected chi connectivity index (χ1v) is 5.89. The van der Waals surface area contributed by atoms with Gasteiger partial charge in [-0.25, -0.2) is 9.78 Å². The van der Waals surface area contributed by atoms with Crippen LogP contribution in [-0.4, -0.2) is 28.2 Å². The van der Waals surface area contributed by atoms with Gasteiger partial charge in [0.25, 0.3) is 0 Å². The summed E-state index contributed by atoms with van der Waals surface area (Å²) in [6.45, 7) is 0. The van der Waals surface area contributed by atoms with Crippen molar-refractivity contribution in [1.82, 2.24) is 9.97 Å². The first-order chi connectivity index (χ1) is 8.69. The van der Waals surface area contributed by atoms with Crippen molar-refractivity contribution in [3.05, 3.63) is 42.1 Å². The summed E-state index contributed by atoms with van der Waals surface area (Å²) in [7, 11) is 1.54. The van der Waals surface area contributed by atoms with Crippen molar-refractivity contribution in [1.29, 1.82) is 0 Å². The fraction of sp³-hybridized carbons (Fsp3) is 0.0833. The number of carboxylic acids is 1. The molecule has 0 aliphatic rings. The van der Waals surface area contributed by atoms with E-state index in [4.69, 9.17) is 9.84 Å². The van der Waals surface area contributed by atoms with Crippen LogP contribution in [0.1, 0.15) is 10.4 Å². The van der Waals surface area contributed by atoms with Gasteiger partial charge in [0, 0.05) is 17.2 Å². The average molecular weight is 262 g/mol. The molecule has 0 saturated heterocycles. The highest BCUT2D eigenvalue weighted by molar-refractivity contribution is 7.99. The molecule has 18 heavy (non-hydrogen) atoms. The van der Waals surface area contributed by atoms with Crippen LogP contribution < -0.4 is 4.74 Å². The van der Waals surface area contributed by atoms with Gasteiger partial charge >= 0.3 is 5.97 Å². The molecule has 2 rings (SSSR count). The molecule has 0 radical (unpaired) electrons. The predicted molar refractivity (Wildman–Crippen MR) is 66.1 cm³/mol. The number of aromatic carboxylic acids is 1. The minimum Gasteiger partial charge on any atom is -0.481 e. The lowest BCUT2D eigenvalue weighted by atomic mass is 10.2. The van der Waals surface area contributed by atoms with E-state index in [2.05, 4.69) is 9.97 Å². The normalized spacial score (nSPS) is 10.1. The summed E-state index contributed by atoms with van der Waals surface area (Å²) in [5.74, 6) is -0.446. The molecule has 6 heteroatoms. The molecule has 0 bridgehead atoms. The van der Waals surface area contributed by atoms with Gasteiger partial charge in [0.05, 0.1) is 12.7 Å². The van der Waals surface area contributed by atoms with Crippen molar-refractivity contribution in [3.63, 3.8) is 0 Å². The first-order valence-electron chi connectivity index (χ1n) is 5.07. The maximum atomic E-state index is 10.7. The number of hydrogen-bond donors (Lipinski definition) is 1. The Labute approximate surface area is 108 Å². The molecule has 1 aromatic carbocycles. The van der Waals surface area contributed by atoms with E-state index in [1.54, 1.807) is 43.6 Å². The number of nitrogens with zero attached hydrogens (tertiary/aromatic N) is 2. The van der Waals surface area contributed by atoms with E-state index in [0.29, 0.717) is 11.0 Å². The van der Waals surface area contributed by atoms with Crippen molar-refractivity contribution in [2.75, 3.05) is 7.11 Å². The van der Waals surface area contributed by atoms with Crippen LogP contribution in [0.25, 0.3) is 0 Å². The highest BCUT2D eigenvalue weighted by atomic mass is 32.2. The van der Waals surface area contributed by atoms with E-state index in [0.717, 1.165) is 4.90 Å². The fourth-order valence-corrected chi connectivity index (χ4v) is 1.99. The molecule has 0 aliphatic carbocycles. The SMILES string of the molecule is COc1ccnc(Sc2ccc(C(=O)O)cc2)n1. The summed E-state index contributed by atoms with van der Waals surface area (Å²) in [4.78, 5) is 19.8. The molecule has 5 nitrogen and oxygen atoms in total. The van der Waals surface area contributed by atoms with Crippen LogP contribution in [0.4, 0.5) is 0 Å². The van der Waals surface area contributed by atoms with E-state index < -0.39 is 5.97 Å². The van der Waals surface area contributed by atoms with E-state index in [9.17, 15) is 4.79 Å². The van der Waals surface area contributed by atoms with Gasteiger partial charge in [-0.1, -0.05) is 0 Å². The summed E-state index contributed by atoms with van der Waals surface area (Å²) >= 11 is 1.34. The predicted octanol–water partition coefficient (Wildman–Crippen LogP) is 2.33. The largest absolute Gasteiger partial charge is 0.481 e. The van der Waals surface area contributed by atoms with Crippen LogP contribution in [-0.2, 0) is 0 Å². The Bertz CT molecular complexity index is 558. The standard InChI is InChI=1S/C12H10N2O3S/c1-17-10-6-7-13-12(14-10)18-9-4-2-8(3-5-9)11(15)16/h2-7H,1H3,(H,15,16). The van der Waals surface area contributed by atoms with Gasteiger partial charge in [0.2, 0.25) is 5.88 Å². The van der Waals surface area contributed by atoms with Gasteiger partial charge in [-0.15, -0.1) is 0 Å². The Morgan fingerprint density at radius 2 is 2.00 bits per heavy atom. The second-order valence-corrected chi connectivity index (χ2v) is 4.35. The summed E-state index contributed by atoms with van der Waals surface area (Å²) in [6.07, 6.45) is 1.61. The molecule has 92 valence electrons. The number of carboxylic acid groups (broad SMARTS) is 1. The Kier molecular flexibility index (Phi) is 3.78. The minimum atomic E-state index is -0.941. The van der Waals surface area contributed by atoms with Gasteiger partial charge in [-0.05, 0) is 36.0 Å². The van der Waals surface area contributed by atoms with Gasteiger partial charge < -0.3 is 9.84 Å². The van der Waals surface area contributed by atoms with Crippen molar-refractivity contribution >= 4 is 17.7 Å². The third-order valence-corrected chi connectivity index (χ3v) is 3.01. The Balaban J connectivity index is 2.15. The van der Waals surface area contributed by atoms with Gasteiger partial charge in [0.15, 0.2) is 5.16 Å². The van der Waals surface area contributed by atoms with Gasteiger partial charge in [-0.2, -0.15) is 4.98 Å². The molecule has 0 unspecified atom stereocenters. The number of hydrogen-bond acceptors (Lipinski definition) is 5. The van der Waals surface area contributed by atoms with Crippen molar-refractivity contribution in [2.45, 2.75) is 10.1 Å². The fourth-order valence-electron chi connectivity index (χ4n) is 1.26. The number of carbonyl (C=O) groups is 1. The second kappa shape index (κ2) is 5.50. The zero-order chi connectivity index (χ0) is 13.0. The molecule has 1 aromatic heterocycles. The zero-order valence-electron chi connectivity index (χ0n) is 9.53. The monoisotopic (exact) mass is 262 g/mol. The highest BCUT2D eigenvalue weighted by Gasteiger charge is 2.05. The molecule has 0 amide bonds. The quantitative estimate of drug-likeness (QED) is 0.853. The van der Waals surface area contributed by atoms with Crippen LogP contribution in [0, 0.1) is 0 Å². The lowest BCUT2D eigenvalue weighted by molar-refractivity contribution is 0.0697. The van der Waals surface area contributed by atoms with E-state index in [1.807, 2.05) is 0 Å². The average Bonchev–Trinajstić information content (AvgIpc) is 2.39. The summed E-state index contributed by atoms with van der Waals surface area (Å²) in [5.41, 5.74) is 0.255. The molecule has 1 N–H and O–H groups in total. The second-order valence-electron chi connectivity index (χ2n) is 3.31. The minimum absolute atomic E-state index is 0.255. The third-order valence-electron chi connectivity index (χ3n) is 2.13. The van der Waals surface area contributed by atoms with Crippen molar-refractivity contribution in [3.8, 4) is 5.88 Å². The lowest BCUT2D eigenvalue weighted by Crippen LogP contribution is -1.95. The van der Waals surface area contributed by atoms with Crippen LogP contribution in [0.15, 0.2) is 46.6 Å².